The Morgan fingerprint density at radius 3 is 2.42 bits per heavy atom. The average molecular weight is 180 g/mol. The van der Waals surface area contributed by atoms with E-state index in [1.54, 1.807) is 11.8 Å². The van der Waals surface area contributed by atoms with Crippen molar-refractivity contribution in [2.75, 3.05) is 6.26 Å². The van der Waals surface area contributed by atoms with Crippen LogP contribution in [0, 0.1) is 13.8 Å². The van der Waals surface area contributed by atoms with E-state index in [4.69, 9.17) is 0 Å². The van der Waals surface area contributed by atoms with Crippen molar-refractivity contribution in [2.24, 2.45) is 0 Å². The highest BCUT2D eigenvalue weighted by Gasteiger charge is 2.03. The molecule has 0 N–H and O–H groups in total. The standard InChI is InChI=1S/C10H12OS/c1-7-8(2)10(12-3)5-4-9(7)6-11/h4-6H,1-3H3. The number of hydrogen-bond donors (Lipinski definition) is 0. The van der Waals surface area contributed by atoms with Crippen molar-refractivity contribution in [3.63, 3.8) is 0 Å². The number of benzene rings is 1. The van der Waals surface area contributed by atoms with E-state index in [-0.39, 0.29) is 0 Å². The molecule has 64 valence electrons. The quantitative estimate of drug-likeness (QED) is 0.514. The highest BCUT2D eigenvalue weighted by Crippen LogP contribution is 2.23. The highest BCUT2D eigenvalue weighted by molar-refractivity contribution is 7.98. The summed E-state index contributed by atoms with van der Waals surface area (Å²) >= 11 is 1.71. The molecule has 0 aliphatic carbocycles. The van der Waals surface area contributed by atoms with E-state index in [0.29, 0.717) is 0 Å². The average Bonchev–Trinajstić information content (AvgIpc) is 2.10. The maximum absolute atomic E-state index is 10.6. The van der Waals surface area contributed by atoms with Gasteiger partial charge in [0.05, 0.1) is 0 Å². The van der Waals surface area contributed by atoms with Gasteiger partial charge in [-0.3, -0.25) is 4.79 Å². The zero-order chi connectivity index (χ0) is 9.14. The Morgan fingerprint density at radius 2 is 1.92 bits per heavy atom. The van der Waals surface area contributed by atoms with Crippen LogP contribution in [0.4, 0.5) is 0 Å². The molecule has 0 aliphatic heterocycles. The normalized spacial score (nSPS) is 9.92. The first-order chi connectivity index (χ1) is 5.70. The lowest BCUT2D eigenvalue weighted by Gasteiger charge is -2.07. The lowest BCUT2D eigenvalue weighted by Crippen LogP contribution is -1.91. The van der Waals surface area contributed by atoms with Crippen LogP contribution in [-0.2, 0) is 0 Å². The van der Waals surface area contributed by atoms with Gasteiger partial charge in [0.2, 0.25) is 0 Å². The van der Waals surface area contributed by atoms with Gasteiger partial charge in [-0.25, -0.2) is 0 Å². The van der Waals surface area contributed by atoms with Crippen LogP contribution in [0.5, 0.6) is 0 Å². The SMILES string of the molecule is CSc1ccc(C=O)c(C)c1C. The molecule has 0 spiro atoms. The van der Waals surface area contributed by atoms with Gasteiger partial charge in [-0.15, -0.1) is 11.8 Å². The fourth-order valence-corrected chi connectivity index (χ4v) is 1.83. The number of rotatable bonds is 2. The van der Waals surface area contributed by atoms with Crippen LogP contribution in [0.15, 0.2) is 17.0 Å². The summed E-state index contributed by atoms with van der Waals surface area (Å²) in [7, 11) is 0. The molecule has 0 bridgehead atoms. The third-order valence-electron chi connectivity index (χ3n) is 2.13. The van der Waals surface area contributed by atoms with E-state index in [1.807, 2.05) is 32.2 Å². The van der Waals surface area contributed by atoms with Crippen LogP contribution >= 0.6 is 11.8 Å². The van der Waals surface area contributed by atoms with E-state index in [2.05, 4.69) is 0 Å². The fourth-order valence-electron chi connectivity index (χ4n) is 1.17. The molecule has 0 heterocycles. The number of hydrogen-bond acceptors (Lipinski definition) is 2. The summed E-state index contributed by atoms with van der Waals surface area (Å²) in [5.41, 5.74) is 3.11. The van der Waals surface area contributed by atoms with Gasteiger partial charge in [0.15, 0.2) is 0 Å². The molecule has 0 atom stereocenters. The first-order valence-electron chi connectivity index (χ1n) is 3.80. The van der Waals surface area contributed by atoms with Crippen molar-refractivity contribution < 1.29 is 4.79 Å². The third kappa shape index (κ3) is 1.53. The summed E-state index contributed by atoms with van der Waals surface area (Å²) in [6, 6.07) is 3.87. The van der Waals surface area contributed by atoms with Gasteiger partial charge in [-0.1, -0.05) is 6.07 Å². The molecule has 2 heteroatoms. The van der Waals surface area contributed by atoms with Gasteiger partial charge in [-0.2, -0.15) is 0 Å². The first kappa shape index (κ1) is 9.33. The Kier molecular flexibility index (Phi) is 2.93. The lowest BCUT2D eigenvalue weighted by molar-refractivity contribution is 0.112. The Labute approximate surface area is 77.2 Å². The number of carbonyl (C=O) groups is 1. The maximum atomic E-state index is 10.6. The van der Waals surface area contributed by atoms with Gasteiger partial charge in [0, 0.05) is 10.5 Å². The van der Waals surface area contributed by atoms with Crippen molar-refractivity contribution in [3.8, 4) is 0 Å². The molecule has 1 nitrogen and oxygen atoms in total. The number of thioether (sulfide) groups is 1. The molecule has 0 saturated carbocycles. The monoisotopic (exact) mass is 180 g/mol. The molecule has 12 heavy (non-hydrogen) atoms. The van der Waals surface area contributed by atoms with Crippen molar-refractivity contribution in [2.45, 2.75) is 18.7 Å². The summed E-state index contributed by atoms with van der Waals surface area (Å²) in [5.74, 6) is 0. The molecule has 0 unspecified atom stereocenters. The Hall–Kier alpha value is -0.760. The summed E-state index contributed by atoms with van der Waals surface area (Å²) in [5, 5.41) is 0. The van der Waals surface area contributed by atoms with Gasteiger partial charge >= 0.3 is 0 Å². The largest absolute Gasteiger partial charge is 0.298 e. The third-order valence-corrected chi connectivity index (χ3v) is 3.01. The van der Waals surface area contributed by atoms with E-state index in [0.717, 1.165) is 17.4 Å². The van der Waals surface area contributed by atoms with E-state index in [9.17, 15) is 4.79 Å². The minimum atomic E-state index is 0.797. The van der Waals surface area contributed by atoms with E-state index >= 15 is 0 Å². The minimum Gasteiger partial charge on any atom is -0.298 e. The van der Waals surface area contributed by atoms with Crippen molar-refractivity contribution >= 4 is 18.0 Å². The summed E-state index contributed by atoms with van der Waals surface area (Å²) in [6.45, 7) is 4.03. The number of carbonyl (C=O) groups excluding carboxylic acids is 1. The van der Waals surface area contributed by atoms with Gasteiger partial charge < -0.3 is 0 Å². The Bertz CT molecular complexity index is 305. The van der Waals surface area contributed by atoms with Gasteiger partial charge in [0.25, 0.3) is 0 Å². The topological polar surface area (TPSA) is 17.1 Å². The van der Waals surface area contributed by atoms with Crippen molar-refractivity contribution in [1.29, 1.82) is 0 Å². The van der Waals surface area contributed by atoms with E-state index in [1.165, 1.54) is 10.5 Å². The second kappa shape index (κ2) is 3.76. The lowest BCUT2D eigenvalue weighted by atomic mass is 10.0. The smallest absolute Gasteiger partial charge is 0.150 e. The Morgan fingerprint density at radius 1 is 1.25 bits per heavy atom. The van der Waals surface area contributed by atoms with Crippen molar-refractivity contribution in [1.82, 2.24) is 0 Å². The predicted octanol–water partition coefficient (Wildman–Crippen LogP) is 2.84. The first-order valence-corrected chi connectivity index (χ1v) is 5.02. The van der Waals surface area contributed by atoms with Crippen LogP contribution in [-0.4, -0.2) is 12.5 Å². The molecule has 0 radical (unpaired) electrons. The van der Waals surface area contributed by atoms with Crippen LogP contribution in [0.1, 0.15) is 21.5 Å². The molecule has 1 rings (SSSR count). The van der Waals surface area contributed by atoms with Crippen LogP contribution in [0.2, 0.25) is 0 Å². The summed E-state index contributed by atoms with van der Waals surface area (Å²) in [4.78, 5) is 11.8. The van der Waals surface area contributed by atoms with Gasteiger partial charge in [0.1, 0.15) is 6.29 Å². The van der Waals surface area contributed by atoms with E-state index < -0.39 is 0 Å². The number of aldehydes is 1. The molecule has 1 aromatic rings. The predicted molar refractivity (Wildman–Crippen MR) is 53.1 cm³/mol. The molecule has 0 amide bonds. The van der Waals surface area contributed by atoms with Gasteiger partial charge in [-0.05, 0) is 37.3 Å². The zero-order valence-corrected chi connectivity index (χ0v) is 8.37. The highest BCUT2D eigenvalue weighted by atomic mass is 32.2. The molecule has 0 aliphatic rings. The molecular formula is C10H12OS. The van der Waals surface area contributed by atoms with Crippen LogP contribution in [0.25, 0.3) is 0 Å². The Balaban J connectivity index is 3.29. The maximum Gasteiger partial charge on any atom is 0.150 e. The molecule has 0 aromatic heterocycles. The molecule has 1 aromatic carbocycles. The van der Waals surface area contributed by atoms with Crippen molar-refractivity contribution in [3.05, 3.63) is 28.8 Å². The fraction of sp³-hybridized carbons (Fsp3) is 0.300. The molecule has 0 fully saturated rings. The minimum absolute atomic E-state index is 0.797. The summed E-state index contributed by atoms with van der Waals surface area (Å²) < 4.78 is 0. The zero-order valence-electron chi connectivity index (χ0n) is 7.55. The molecule has 0 saturated heterocycles. The molecular weight excluding hydrogens is 168 g/mol. The summed E-state index contributed by atoms with van der Waals surface area (Å²) in [6.07, 6.45) is 2.95. The second-order valence-electron chi connectivity index (χ2n) is 2.72. The van der Waals surface area contributed by atoms with Crippen LogP contribution in [0.3, 0.4) is 0 Å². The van der Waals surface area contributed by atoms with Crippen LogP contribution < -0.4 is 0 Å². The second-order valence-corrected chi connectivity index (χ2v) is 3.57.